The first-order chi connectivity index (χ1) is 12.0. The Morgan fingerprint density at radius 3 is 2.56 bits per heavy atom. The SMILES string of the molecule is FC(F)(F)c1ccc(-c2ccc3c(c2)CN2CCNC[C@H]2CO3)cc1. The average Bonchev–Trinajstić information content (AvgIpc) is 2.79. The maximum Gasteiger partial charge on any atom is 0.416 e. The van der Waals surface area contributed by atoms with E-state index in [2.05, 4.69) is 10.2 Å². The number of alkyl halides is 3. The molecule has 132 valence electrons. The molecule has 3 nitrogen and oxygen atoms in total. The summed E-state index contributed by atoms with van der Waals surface area (Å²) in [7, 11) is 0. The van der Waals surface area contributed by atoms with Crippen LogP contribution in [0.2, 0.25) is 0 Å². The number of nitrogens with one attached hydrogen (secondary N) is 1. The van der Waals surface area contributed by atoms with Crippen LogP contribution in [0.25, 0.3) is 11.1 Å². The Hall–Kier alpha value is -2.05. The summed E-state index contributed by atoms with van der Waals surface area (Å²) in [6.07, 6.45) is -4.31. The number of ether oxygens (including phenoxy) is 1. The quantitative estimate of drug-likeness (QED) is 0.853. The van der Waals surface area contributed by atoms with Gasteiger partial charge in [-0.3, -0.25) is 4.90 Å². The standard InChI is InChI=1S/C19H19F3N2O/c20-19(21,22)16-4-1-13(2-5-16)14-3-6-18-15(9-14)11-24-8-7-23-10-17(24)12-25-18/h1-6,9,17,23H,7-8,10-12H2/t17-/m0/s1. The smallest absolute Gasteiger partial charge is 0.416 e. The van der Waals surface area contributed by atoms with Crippen molar-refractivity contribution in [3.05, 3.63) is 53.6 Å². The van der Waals surface area contributed by atoms with Gasteiger partial charge in [-0.05, 0) is 35.4 Å². The van der Waals surface area contributed by atoms with Crippen LogP contribution in [-0.2, 0) is 12.7 Å². The van der Waals surface area contributed by atoms with Crippen LogP contribution in [0.5, 0.6) is 5.75 Å². The molecule has 0 saturated carbocycles. The highest BCUT2D eigenvalue weighted by atomic mass is 19.4. The van der Waals surface area contributed by atoms with Gasteiger partial charge in [0, 0.05) is 31.7 Å². The second-order valence-electron chi connectivity index (χ2n) is 6.54. The number of rotatable bonds is 1. The minimum absolute atomic E-state index is 0.357. The van der Waals surface area contributed by atoms with Crippen LogP contribution in [0.1, 0.15) is 11.1 Å². The molecule has 1 atom stereocenters. The Labute approximate surface area is 144 Å². The van der Waals surface area contributed by atoms with Gasteiger partial charge in [-0.25, -0.2) is 0 Å². The van der Waals surface area contributed by atoms with Gasteiger partial charge in [0.1, 0.15) is 12.4 Å². The van der Waals surface area contributed by atoms with Crippen LogP contribution in [0, 0.1) is 0 Å². The van der Waals surface area contributed by atoms with Crippen molar-refractivity contribution < 1.29 is 17.9 Å². The summed E-state index contributed by atoms with van der Waals surface area (Å²) >= 11 is 0. The number of nitrogens with zero attached hydrogens (tertiary/aromatic N) is 1. The summed E-state index contributed by atoms with van der Waals surface area (Å²) in [4.78, 5) is 2.40. The van der Waals surface area contributed by atoms with Crippen molar-refractivity contribution in [1.82, 2.24) is 10.2 Å². The van der Waals surface area contributed by atoms with E-state index >= 15 is 0 Å². The van der Waals surface area contributed by atoms with Crippen LogP contribution >= 0.6 is 0 Å². The van der Waals surface area contributed by atoms with Gasteiger partial charge < -0.3 is 10.1 Å². The fraction of sp³-hybridized carbons (Fsp3) is 0.368. The molecule has 2 aromatic carbocycles. The molecule has 2 aromatic rings. The van der Waals surface area contributed by atoms with Crippen LogP contribution < -0.4 is 10.1 Å². The number of piperazine rings is 1. The molecule has 2 aliphatic rings. The van der Waals surface area contributed by atoms with Gasteiger partial charge in [0.2, 0.25) is 0 Å². The summed E-state index contributed by atoms with van der Waals surface area (Å²) < 4.78 is 44.1. The van der Waals surface area contributed by atoms with Gasteiger partial charge in [-0.15, -0.1) is 0 Å². The topological polar surface area (TPSA) is 24.5 Å². The lowest BCUT2D eigenvalue weighted by Gasteiger charge is -2.33. The van der Waals surface area contributed by atoms with Gasteiger partial charge in [-0.1, -0.05) is 18.2 Å². The first kappa shape index (κ1) is 16.4. The fourth-order valence-electron chi connectivity index (χ4n) is 3.46. The molecule has 2 aliphatic heterocycles. The summed E-state index contributed by atoms with van der Waals surface area (Å²) in [5.74, 6) is 0.866. The lowest BCUT2D eigenvalue weighted by atomic mass is 10.0. The number of halogens is 3. The van der Waals surface area contributed by atoms with Crippen molar-refractivity contribution in [2.75, 3.05) is 26.2 Å². The predicted molar refractivity (Wildman–Crippen MR) is 89.4 cm³/mol. The maximum atomic E-state index is 12.7. The summed E-state index contributed by atoms with van der Waals surface area (Å²) in [5, 5.41) is 3.38. The Morgan fingerprint density at radius 2 is 1.80 bits per heavy atom. The molecule has 0 bridgehead atoms. The molecule has 0 radical (unpaired) electrons. The fourth-order valence-corrected chi connectivity index (χ4v) is 3.46. The van der Waals surface area contributed by atoms with Crippen molar-refractivity contribution in [2.45, 2.75) is 18.8 Å². The average molecular weight is 348 g/mol. The third kappa shape index (κ3) is 3.37. The van der Waals surface area contributed by atoms with E-state index < -0.39 is 11.7 Å². The Balaban J connectivity index is 1.62. The molecule has 1 saturated heterocycles. The second kappa shape index (κ2) is 6.35. The highest BCUT2D eigenvalue weighted by Gasteiger charge is 2.30. The summed E-state index contributed by atoms with van der Waals surface area (Å²) in [6.45, 7) is 4.30. The molecule has 2 heterocycles. The number of benzene rings is 2. The molecular formula is C19H19F3N2O. The number of hydrogen-bond acceptors (Lipinski definition) is 3. The van der Waals surface area contributed by atoms with Crippen molar-refractivity contribution in [2.24, 2.45) is 0 Å². The molecule has 0 amide bonds. The van der Waals surface area contributed by atoms with Gasteiger partial charge in [-0.2, -0.15) is 13.2 Å². The lowest BCUT2D eigenvalue weighted by molar-refractivity contribution is -0.137. The molecule has 0 unspecified atom stereocenters. The van der Waals surface area contributed by atoms with Crippen LogP contribution in [0.4, 0.5) is 13.2 Å². The number of hydrogen-bond donors (Lipinski definition) is 1. The Morgan fingerprint density at radius 1 is 1.04 bits per heavy atom. The van der Waals surface area contributed by atoms with E-state index in [0.29, 0.717) is 12.6 Å². The minimum atomic E-state index is -4.31. The summed E-state index contributed by atoms with van der Waals surface area (Å²) in [6, 6.07) is 11.5. The highest BCUT2D eigenvalue weighted by Crippen LogP contribution is 2.33. The zero-order chi connectivity index (χ0) is 17.4. The van der Waals surface area contributed by atoms with Crippen LogP contribution in [0.15, 0.2) is 42.5 Å². The van der Waals surface area contributed by atoms with Crippen molar-refractivity contribution >= 4 is 0 Å². The zero-order valence-electron chi connectivity index (χ0n) is 13.6. The molecule has 0 aliphatic carbocycles. The van der Waals surface area contributed by atoms with E-state index in [9.17, 15) is 13.2 Å². The largest absolute Gasteiger partial charge is 0.492 e. The lowest BCUT2D eigenvalue weighted by Crippen LogP contribution is -2.52. The van der Waals surface area contributed by atoms with Crippen molar-refractivity contribution in [3.8, 4) is 16.9 Å². The zero-order valence-corrected chi connectivity index (χ0v) is 13.6. The minimum Gasteiger partial charge on any atom is -0.492 e. The van der Waals surface area contributed by atoms with Gasteiger partial charge >= 0.3 is 6.18 Å². The molecule has 1 N–H and O–H groups in total. The van der Waals surface area contributed by atoms with E-state index in [4.69, 9.17) is 4.74 Å². The van der Waals surface area contributed by atoms with Crippen LogP contribution in [-0.4, -0.2) is 37.2 Å². The van der Waals surface area contributed by atoms with E-state index in [1.54, 1.807) is 0 Å². The molecule has 1 fully saturated rings. The third-order valence-electron chi connectivity index (χ3n) is 4.88. The van der Waals surface area contributed by atoms with Crippen molar-refractivity contribution in [1.29, 1.82) is 0 Å². The predicted octanol–water partition coefficient (Wildman–Crippen LogP) is 3.54. The van der Waals surface area contributed by atoms with Crippen LogP contribution in [0.3, 0.4) is 0 Å². The Bertz CT molecular complexity index is 758. The molecular weight excluding hydrogens is 329 g/mol. The summed E-state index contributed by atoms with van der Waals surface area (Å²) in [5.41, 5.74) is 2.14. The maximum absolute atomic E-state index is 12.7. The van der Waals surface area contributed by atoms with Gasteiger partial charge in [0.05, 0.1) is 11.6 Å². The third-order valence-corrected chi connectivity index (χ3v) is 4.88. The van der Waals surface area contributed by atoms with E-state index in [-0.39, 0.29) is 0 Å². The van der Waals surface area contributed by atoms with E-state index in [0.717, 1.165) is 60.8 Å². The first-order valence-electron chi connectivity index (χ1n) is 8.39. The van der Waals surface area contributed by atoms with E-state index in [1.807, 2.05) is 18.2 Å². The molecule has 0 aromatic heterocycles. The van der Waals surface area contributed by atoms with Crippen molar-refractivity contribution in [3.63, 3.8) is 0 Å². The van der Waals surface area contributed by atoms with E-state index in [1.165, 1.54) is 12.1 Å². The highest BCUT2D eigenvalue weighted by molar-refractivity contribution is 5.66. The monoisotopic (exact) mass is 348 g/mol. The molecule has 6 heteroatoms. The number of fused-ring (bicyclic) bond motifs is 2. The van der Waals surface area contributed by atoms with Gasteiger partial charge in [0.25, 0.3) is 0 Å². The first-order valence-corrected chi connectivity index (χ1v) is 8.39. The Kier molecular flexibility index (Phi) is 4.17. The normalized spacial score (nSPS) is 21.0. The van der Waals surface area contributed by atoms with Gasteiger partial charge in [0.15, 0.2) is 0 Å². The molecule has 0 spiro atoms. The molecule has 4 rings (SSSR count). The second-order valence-corrected chi connectivity index (χ2v) is 6.54. The molecule has 25 heavy (non-hydrogen) atoms.